The third-order valence-corrected chi connectivity index (χ3v) is 5.42. The van der Waals surface area contributed by atoms with Crippen molar-refractivity contribution in [1.82, 2.24) is 5.32 Å². The maximum absolute atomic E-state index is 12.3. The number of amides is 1. The van der Waals surface area contributed by atoms with E-state index in [0.29, 0.717) is 0 Å². The van der Waals surface area contributed by atoms with Crippen LogP contribution >= 0.6 is 0 Å². The highest BCUT2D eigenvalue weighted by Gasteiger charge is 2.39. The maximum Gasteiger partial charge on any atom is 0.223 e. The molecule has 18 heavy (non-hydrogen) atoms. The second-order valence-electron chi connectivity index (χ2n) is 6.25. The lowest BCUT2D eigenvalue weighted by molar-refractivity contribution is -0.130. The topological polar surface area (TPSA) is 29.1 Å². The van der Waals surface area contributed by atoms with Crippen molar-refractivity contribution in [3.8, 4) is 0 Å². The predicted octanol–water partition coefficient (Wildman–Crippen LogP) is 4.39. The minimum atomic E-state index is 0.117. The molecule has 0 heterocycles. The largest absolute Gasteiger partial charge is 0.359 e. The summed E-state index contributed by atoms with van der Waals surface area (Å²) in [6, 6.07) is 0. The van der Waals surface area contributed by atoms with Gasteiger partial charge in [0.2, 0.25) is 5.91 Å². The lowest BCUT2D eigenvalue weighted by Gasteiger charge is -2.40. The highest BCUT2D eigenvalue weighted by Crippen LogP contribution is 2.44. The van der Waals surface area contributed by atoms with Crippen LogP contribution in [0.4, 0.5) is 0 Å². The van der Waals surface area contributed by atoms with Crippen molar-refractivity contribution in [3.63, 3.8) is 0 Å². The summed E-state index contributed by atoms with van der Waals surface area (Å²) in [7, 11) is 1.76. The summed E-state index contributed by atoms with van der Waals surface area (Å²) in [4.78, 5) is 12.3. The minimum Gasteiger partial charge on any atom is -0.359 e. The second-order valence-corrected chi connectivity index (χ2v) is 6.25. The Kier molecular flexibility index (Phi) is 6.94. The molecular formula is C16H33NO. The van der Waals surface area contributed by atoms with Crippen LogP contribution in [0, 0.1) is 16.7 Å². The van der Waals surface area contributed by atoms with Gasteiger partial charge in [0.1, 0.15) is 0 Å². The highest BCUT2D eigenvalue weighted by atomic mass is 16.1. The first-order valence-corrected chi connectivity index (χ1v) is 7.54. The van der Waals surface area contributed by atoms with E-state index in [1.165, 1.54) is 0 Å². The van der Waals surface area contributed by atoms with Crippen molar-refractivity contribution in [1.29, 1.82) is 0 Å². The van der Waals surface area contributed by atoms with Crippen LogP contribution in [-0.4, -0.2) is 13.0 Å². The molecular weight excluding hydrogens is 222 g/mol. The lowest BCUT2D eigenvalue weighted by Crippen LogP contribution is -2.41. The molecule has 108 valence electrons. The molecule has 0 aromatic carbocycles. The fourth-order valence-corrected chi connectivity index (χ4v) is 2.60. The van der Waals surface area contributed by atoms with Crippen LogP contribution in [0.3, 0.4) is 0 Å². The van der Waals surface area contributed by atoms with Crippen LogP contribution in [0.5, 0.6) is 0 Å². The van der Waals surface area contributed by atoms with Gasteiger partial charge in [0.25, 0.3) is 0 Å². The van der Waals surface area contributed by atoms with E-state index in [1.807, 2.05) is 0 Å². The normalized spacial score (nSPS) is 14.4. The summed E-state index contributed by atoms with van der Waals surface area (Å²) in [5, 5.41) is 2.87. The molecule has 1 unspecified atom stereocenters. The van der Waals surface area contributed by atoms with Gasteiger partial charge in [-0.3, -0.25) is 4.79 Å². The Morgan fingerprint density at radius 3 is 1.72 bits per heavy atom. The van der Waals surface area contributed by atoms with Crippen LogP contribution < -0.4 is 5.32 Å². The quantitative estimate of drug-likeness (QED) is 0.684. The van der Waals surface area contributed by atoms with E-state index in [4.69, 9.17) is 0 Å². The highest BCUT2D eigenvalue weighted by molar-refractivity contribution is 5.79. The van der Waals surface area contributed by atoms with Gasteiger partial charge in [-0.1, -0.05) is 54.4 Å². The third kappa shape index (κ3) is 4.00. The first-order valence-electron chi connectivity index (χ1n) is 7.54. The number of nitrogens with one attached hydrogen (secondary N) is 1. The van der Waals surface area contributed by atoms with E-state index < -0.39 is 0 Å². The smallest absolute Gasteiger partial charge is 0.223 e. The Bertz CT molecular complexity index is 252. The molecule has 0 aromatic heterocycles. The molecule has 0 fully saturated rings. The molecule has 0 saturated heterocycles. The Balaban J connectivity index is 5.19. The summed E-state index contributed by atoms with van der Waals surface area (Å²) in [6.07, 6.45) is 5.40. The summed E-state index contributed by atoms with van der Waals surface area (Å²) in [5.74, 6) is 0.344. The standard InChI is InChI=1S/C16H33NO/c1-8-15(5,9-2)12-13(14(18)17-7)16(6,10-3)11-4/h13H,8-12H2,1-7H3,(H,17,18). The molecule has 1 amide bonds. The zero-order valence-corrected chi connectivity index (χ0v) is 13.5. The summed E-state index contributed by atoms with van der Waals surface area (Å²) in [6.45, 7) is 13.5. The van der Waals surface area contributed by atoms with Gasteiger partial charge in [-0.2, -0.15) is 0 Å². The van der Waals surface area contributed by atoms with Crippen molar-refractivity contribution >= 4 is 5.91 Å². The first-order chi connectivity index (χ1) is 8.32. The van der Waals surface area contributed by atoms with E-state index in [2.05, 4.69) is 46.9 Å². The molecule has 0 aromatic rings. The zero-order chi connectivity index (χ0) is 14.4. The molecule has 2 nitrogen and oxygen atoms in total. The molecule has 0 rings (SSSR count). The van der Waals surface area contributed by atoms with Gasteiger partial charge >= 0.3 is 0 Å². The average molecular weight is 255 g/mol. The molecule has 0 aliphatic rings. The summed E-state index contributed by atoms with van der Waals surface area (Å²) < 4.78 is 0. The lowest BCUT2D eigenvalue weighted by atomic mass is 9.65. The summed E-state index contributed by atoms with van der Waals surface area (Å²) in [5.41, 5.74) is 0.397. The summed E-state index contributed by atoms with van der Waals surface area (Å²) >= 11 is 0. The fourth-order valence-electron chi connectivity index (χ4n) is 2.60. The van der Waals surface area contributed by atoms with E-state index >= 15 is 0 Å². The third-order valence-electron chi connectivity index (χ3n) is 5.42. The number of carbonyl (C=O) groups excluding carboxylic acids is 1. The molecule has 0 saturated carbocycles. The Hall–Kier alpha value is -0.530. The van der Waals surface area contributed by atoms with Gasteiger partial charge in [0, 0.05) is 13.0 Å². The molecule has 1 atom stereocenters. The predicted molar refractivity (Wildman–Crippen MR) is 79.6 cm³/mol. The Morgan fingerprint density at radius 2 is 1.44 bits per heavy atom. The van der Waals surface area contributed by atoms with Crippen LogP contribution in [-0.2, 0) is 4.79 Å². The molecule has 0 radical (unpaired) electrons. The van der Waals surface area contributed by atoms with Gasteiger partial charge in [-0.15, -0.1) is 0 Å². The van der Waals surface area contributed by atoms with Gasteiger partial charge in [0.15, 0.2) is 0 Å². The fraction of sp³-hybridized carbons (Fsp3) is 0.938. The van der Waals surface area contributed by atoms with E-state index in [1.54, 1.807) is 7.05 Å². The van der Waals surface area contributed by atoms with Crippen molar-refractivity contribution in [2.75, 3.05) is 7.05 Å². The van der Waals surface area contributed by atoms with Crippen molar-refractivity contribution in [3.05, 3.63) is 0 Å². The number of hydrogen-bond donors (Lipinski definition) is 1. The first kappa shape index (κ1) is 17.5. The Morgan fingerprint density at radius 1 is 1.00 bits per heavy atom. The monoisotopic (exact) mass is 255 g/mol. The van der Waals surface area contributed by atoms with Crippen molar-refractivity contribution in [2.45, 2.75) is 73.6 Å². The Labute approximate surface area is 114 Å². The average Bonchev–Trinajstić information content (AvgIpc) is 2.42. The molecule has 0 bridgehead atoms. The van der Waals surface area contributed by atoms with Crippen LogP contribution in [0.2, 0.25) is 0 Å². The van der Waals surface area contributed by atoms with Gasteiger partial charge in [-0.25, -0.2) is 0 Å². The number of carbonyl (C=O) groups is 1. The minimum absolute atomic E-state index is 0.117. The molecule has 0 aliphatic heterocycles. The van der Waals surface area contributed by atoms with Gasteiger partial charge < -0.3 is 5.32 Å². The van der Waals surface area contributed by atoms with E-state index in [0.717, 1.165) is 32.1 Å². The van der Waals surface area contributed by atoms with E-state index in [9.17, 15) is 4.79 Å². The molecule has 0 spiro atoms. The van der Waals surface area contributed by atoms with Gasteiger partial charge in [0.05, 0.1) is 0 Å². The van der Waals surface area contributed by atoms with Crippen LogP contribution in [0.15, 0.2) is 0 Å². The molecule has 1 N–H and O–H groups in total. The SMILES string of the molecule is CCC(C)(CC)CC(C(=O)NC)C(C)(CC)CC. The second kappa shape index (κ2) is 7.16. The maximum atomic E-state index is 12.3. The van der Waals surface area contributed by atoms with Crippen molar-refractivity contribution < 1.29 is 4.79 Å². The zero-order valence-electron chi connectivity index (χ0n) is 13.5. The van der Waals surface area contributed by atoms with Crippen LogP contribution in [0.25, 0.3) is 0 Å². The van der Waals surface area contributed by atoms with Gasteiger partial charge in [-0.05, 0) is 30.1 Å². The molecule has 0 aliphatic carbocycles. The number of rotatable bonds is 8. The molecule has 2 heteroatoms. The van der Waals surface area contributed by atoms with Crippen LogP contribution in [0.1, 0.15) is 73.6 Å². The van der Waals surface area contributed by atoms with Crippen molar-refractivity contribution in [2.24, 2.45) is 16.7 Å². The number of hydrogen-bond acceptors (Lipinski definition) is 1. The van der Waals surface area contributed by atoms with E-state index in [-0.39, 0.29) is 22.7 Å².